The van der Waals surface area contributed by atoms with Crippen LogP contribution in [0.25, 0.3) is 0 Å². The number of benzene rings is 1. The van der Waals surface area contributed by atoms with Crippen LogP contribution in [0.4, 0.5) is 0 Å². The van der Waals surface area contributed by atoms with Crippen molar-refractivity contribution >= 4 is 11.6 Å². The Balaban J connectivity index is 1.84. The Kier molecular flexibility index (Phi) is 6.82. The minimum atomic E-state index is 0.494. The summed E-state index contributed by atoms with van der Waals surface area (Å²) in [7, 11) is 0. The maximum absolute atomic E-state index is 8.87. The van der Waals surface area contributed by atoms with Crippen molar-refractivity contribution in [2.45, 2.75) is 58.3 Å². The molecule has 0 bridgehead atoms. The van der Waals surface area contributed by atoms with Gasteiger partial charge in [-0.1, -0.05) is 56.0 Å². The minimum Gasteiger partial charge on any atom is -0.192 e. The summed E-state index contributed by atoms with van der Waals surface area (Å²) in [6.07, 6.45) is 10.6. The highest BCUT2D eigenvalue weighted by Gasteiger charge is 2.19. The Morgan fingerprint density at radius 2 is 1.95 bits per heavy atom. The van der Waals surface area contributed by atoms with Crippen molar-refractivity contribution in [3.8, 4) is 17.9 Å². The van der Waals surface area contributed by atoms with Gasteiger partial charge in [0.1, 0.15) is 6.07 Å². The molecule has 1 aromatic carbocycles. The zero-order valence-electron chi connectivity index (χ0n) is 13.4. The fourth-order valence-electron chi connectivity index (χ4n) is 3.15. The predicted molar refractivity (Wildman–Crippen MR) is 92.6 cm³/mol. The number of unbranched alkanes of at least 4 members (excludes halogenated alkanes) is 2. The van der Waals surface area contributed by atoms with Gasteiger partial charge in [0.25, 0.3) is 0 Å². The van der Waals surface area contributed by atoms with Crippen molar-refractivity contribution in [3.05, 3.63) is 34.3 Å². The van der Waals surface area contributed by atoms with E-state index < -0.39 is 0 Å². The third kappa shape index (κ3) is 5.08. The molecule has 116 valence electrons. The van der Waals surface area contributed by atoms with Gasteiger partial charge in [0.15, 0.2) is 0 Å². The first-order valence-electron chi connectivity index (χ1n) is 8.44. The van der Waals surface area contributed by atoms with Crippen molar-refractivity contribution < 1.29 is 0 Å². The molecule has 0 radical (unpaired) electrons. The molecule has 22 heavy (non-hydrogen) atoms. The van der Waals surface area contributed by atoms with E-state index in [0.29, 0.717) is 16.5 Å². The molecule has 0 amide bonds. The molecule has 0 saturated heterocycles. The number of rotatable bonds is 4. The topological polar surface area (TPSA) is 23.8 Å². The van der Waals surface area contributed by atoms with Crippen LogP contribution >= 0.6 is 11.6 Å². The van der Waals surface area contributed by atoms with E-state index in [-0.39, 0.29) is 0 Å². The van der Waals surface area contributed by atoms with Crippen LogP contribution in [0, 0.1) is 35.0 Å². The van der Waals surface area contributed by atoms with Gasteiger partial charge in [-0.05, 0) is 49.8 Å². The second kappa shape index (κ2) is 8.87. The quantitative estimate of drug-likeness (QED) is 0.497. The average molecular weight is 314 g/mol. The Morgan fingerprint density at radius 3 is 2.59 bits per heavy atom. The molecular formula is C20H24ClN. The SMILES string of the molecule is CCCCC[C@H]1CC[C@H](C#Cc2ccc(C#N)c(Cl)c2)CC1. The standard InChI is InChI=1S/C20H24ClN/c1-2-3-4-5-16-6-8-17(9-7-16)10-11-18-12-13-19(15-22)20(21)14-18/h12-14,16-17H,2-9H2,1H3/t16-,17-. The van der Waals surface area contributed by atoms with E-state index in [0.717, 1.165) is 11.5 Å². The van der Waals surface area contributed by atoms with Crippen molar-refractivity contribution in [2.75, 3.05) is 0 Å². The van der Waals surface area contributed by atoms with Crippen LogP contribution in [0.15, 0.2) is 18.2 Å². The molecule has 0 heterocycles. The predicted octanol–water partition coefficient (Wildman–Crippen LogP) is 5.95. The Labute approximate surface area is 139 Å². The lowest BCUT2D eigenvalue weighted by molar-refractivity contribution is 0.294. The molecule has 0 spiro atoms. The summed E-state index contributed by atoms with van der Waals surface area (Å²) in [4.78, 5) is 0. The van der Waals surface area contributed by atoms with Crippen molar-refractivity contribution in [2.24, 2.45) is 11.8 Å². The zero-order chi connectivity index (χ0) is 15.8. The smallest absolute Gasteiger partial charge is 0.101 e. The molecule has 1 saturated carbocycles. The second-order valence-electron chi connectivity index (χ2n) is 6.29. The highest BCUT2D eigenvalue weighted by molar-refractivity contribution is 6.31. The van der Waals surface area contributed by atoms with Crippen LogP contribution in [-0.2, 0) is 0 Å². The van der Waals surface area contributed by atoms with E-state index in [1.54, 1.807) is 12.1 Å². The lowest BCUT2D eigenvalue weighted by Gasteiger charge is -2.25. The van der Waals surface area contributed by atoms with Crippen LogP contribution in [0.5, 0.6) is 0 Å². The molecule has 0 aliphatic heterocycles. The lowest BCUT2D eigenvalue weighted by Crippen LogP contribution is -2.13. The molecule has 1 nitrogen and oxygen atoms in total. The largest absolute Gasteiger partial charge is 0.192 e. The fraction of sp³-hybridized carbons (Fsp3) is 0.550. The van der Waals surface area contributed by atoms with E-state index in [2.05, 4.69) is 24.8 Å². The first kappa shape index (κ1) is 16.9. The van der Waals surface area contributed by atoms with Gasteiger partial charge in [0.05, 0.1) is 10.6 Å². The second-order valence-corrected chi connectivity index (χ2v) is 6.70. The normalized spacial score (nSPS) is 20.8. The number of nitrogens with zero attached hydrogens (tertiary/aromatic N) is 1. The number of hydrogen-bond donors (Lipinski definition) is 0. The molecule has 0 atom stereocenters. The van der Waals surface area contributed by atoms with Gasteiger partial charge < -0.3 is 0 Å². The fourth-order valence-corrected chi connectivity index (χ4v) is 3.37. The van der Waals surface area contributed by atoms with Gasteiger partial charge in [0.2, 0.25) is 0 Å². The summed E-state index contributed by atoms with van der Waals surface area (Å²) in [5.74, 6) is 8.08. The molecule has 1 aliphatic carbocycles. The summed E-state index contributed by atoms with van der Waals surface area (Å²) in [6, 6.07) is 7.50. The maximum atomic E-state index is 8.87. The maximum Gasteiger partial charge on any atom is 0.101 e. The summed E-state index contributed by atoms with van der Waals surface area (Å²) in [5.41, 5.74) is 1.42. The summed E-state index contributed by atoms with van der Waals surface area (Å²) in [6.45, 7) is 2.27. The molecule has 1 fully saturated rings. The van der Waals surface area contributed by atoms with Crippen LogP contribution in [0.1, 0.15) is 69.4 Å². The van der Waals surface area contributed by atoms with E-state index in [1.165, 1.54) is 51.4 Å². The number of hydrogen-bond acceptors (Lipinski definition) is 1. The van der Waals surface area contributed by atoms with Crippen molar-refractivity contribution in [1.82, 2.24) is 0 Å². The molecule has 1 aromatic rings. The molecule has 1 aliphatic rings. The first-order valence-corrected chi connectivity index (χ1v) is 8.82. The van der Waals surface area contributed by atoms with E-state index in [4.69, 9.17) is 16.9 Å². The van der Waals surface area contributed by atoms with Gasteiger partial charge in [0, 0.05) is 11.5 Å². The summed E-state index contributed by atoms with van der Waals surface area (Å²) in [5, 5.41) is 9.37. The molecular weight excluding hydrogens is 290 g/mol. The first-order chi connectivity index (χ1) is 10.7. The highest BCUT2D eigenvalue weighted by Crippen LogP contribution is 2.31. The van der Waals surface area contributed by atoms with E-state index >= 15 is 0 Å². The van der Waals surface area contributed by atoms with Crippen molar-refractivity contribution in [3.63, 3.8) is 0 Å². The Hall–Kier alpha value is -1.44. The number of nitriles is 1. The van der Waals surface area contributed by atoms with Gasteiger partial charge in [-0.15, -0.1) is 0 Å². The molecule has 2 rings (SSSR count). The van der Waals surface area contributed by atoms with Crippen LogP contribution < -0.4 is 0 Å². The zero-order valence-corrected chi connectivity index (χ0v) is 14.1. The lowest BCUT2D eigenvalue weighted by atomic mass is 9.80. The summed E-state index contributed by atoms with van der Waals surface area (Å²) >= 11 is 6.04. The van der Waals surface area contributed by atoms with E-state index in [1.807, 2.05) is 6.07 Å². The Bertz CT molecular complexity index is 580. The monoisotopic (exact) mass is 313 g/mol. The van der Waals surface area contributed by atoms with Gasteiger partial charge >= 0.3 is 0 Å². The van der Waals surface area contributed by atoms with Gasteiger partial charge in [-0.3, -0.25) is 0 Å². The molecule has 2 heteroatoms. The number of halogens is 1. The molecule has 0 N–H and O–H groups in total. The Morgan fingerprint density at radius 1 is 1.18 bits per heavy atom. The van der Waals surface area contributed by atoms with E-state index in [9.17, 15) is 0 Å². The highest BCUT2D eigenvalue weighted by atomic mass is 35.5. The van der Waals surface area contributed by atoms with Gasteiger partial charge in [-0.2, -0.15) is 5.26 Å². The van der Waals surface area contributed by atoms with Crippen LogP contribution in [-0.4, -0.2) is 0 Å². The third-order valence-corrected chi connectivity index (χ3v) is 4.89. The average Bonchev–Trinajstić information content (AvgIpc) is 2.54. The van der Waals surface area contributed by atoms with Crippen molar-refractivity contribution in [1.29, 1.82) is 5.26 Å². The van der Waals surface area contributed by atoms with Gasteiger partial charge in [-0.25, -0.2) is 0 Å². The van der Waals surface area contributed by atoms with Crippen LogP contribution in [0.2, 0.25) is 5.02 Å². The molecule has 0 unspecified atom stereocenters. The minimum absolute atomic E-state index is 0.494. The summed E-state index contributed by atoms with van der Waals surface area (Å²) < 4.78 is 0. The third-order valence-electron chi connectivity index (χ3n) is 4.57. The van der Waals surface area contributed by atoms with Crippen LogP contribution in [0.3, 0.4) is 0 Å². The molecule has 0 aromatic heterocycles.